The van der Waals surface area contributed by atoms with Crippen molar-refractivity contribution in [3.8, 4) is 5.75 Å². The molecule has 4 heteroatoms. The molecule has 0 spiro atoms. The fraction of sp³-hybridized carbons (Fsp3) is 0.357. The molecular weight excluding hydrogens is 231 g/mol. The number of aryl methyl sites for hydroxylation is 2. The molecule has 1 aromatic heterocycles. The highest BCUT2D eigenvalue weighted by atomic mass is 19.1. The zero-order valence-electron chi connectivity index (χ0n) is 10.7. The zero-order valence-corrected chi connectivity index (χ0v) is 10.7. The van der Waals surface area contributed by atoms with Crippen molar-refractivity contribution in [3.63, 3.8) is 0 Å². The van der Waals surface area contributed by atoms with Crippen LogP contribution < -0.4 is 4.74 Å². The van der Waals surface area contributed by atoms with Gasteiger partial charge in [-0.3, -0.25) is 4.68 Å². The van der Waals surface area contributed by atoms with E-state index in [-0.39, 0.29) is 5.82 Å². The summed E-state index contributed by atoms with van der Waals surface area (Å²) < 4.78 is 20.5. The van der Waals surface area contributed by atoms with Crippen LogP contribution in [-0.2, 0) is 19.6 Å². The fourth-order valence-electron chi connectivity index (χ4n) is 1.79. The number of hydrogen-bond donors (Lipinski definition) is 0. The molecule has 3 nitrogen and oxygen atoms in total. The minimum Gasteiger partial charge on any atom is -0.487 e. The van der Waals surface area contributed by atoms with Crippen molar-refractivity contribution in [2.75, 3.05) is 0 Å². The van der Waals surface area contributed by atoms with Crippen molar-refractivity contribution >= 4 is 0 Å². The maximum Gasteiger partial charge on any atom is 0.130 e. The van der Waals surface area contributed by atoms with Crippen LogP contribution in [0, 0.1) is 5.82 Å². The molecule has 0 saturated heterocycles. The van der Waals surface area contributed by atoms with E-state index in [9.17, 15) is 4.39 Å². The number of halogens is 1. The Balaban J connectivity index is 2.07. The molecule has 1 heterocycles. The predicted octanol–water partition coefficient (Wildman–Crippen LogP) is 3.18. The fourth-order valence-corrected chi connectivity index (χ4v) is 1.79. The standard InChI is InChI=1S/C14H17FN2O/c1-3-12-9-13(17(4-2)16-12)10-18-14-7-5-6-11(15)8-14/h5-9H,3-4,10H2,1-2H3. The summed E-state index contributed by atoms with van der Waals surface area (Å²) >= 11 is 0. The number of benzene rings is 1. The maximum absolute atomic E-state index is 13.0. The lowest BCUT2D eigenvalue weighted by molar-refractivity contribution is 0.291. The lowest BCUT2D eigenvalue weighted by Crippen LogP contribution is -2.06. The molecule has 0 atom stereocenters. The Kier molecular flexibility index (Phi) is 3.97. The topological polar surface area (TPSA) is 27.1 Å². The molecule has 2 rings (SSSR count). The number of aromatic nitrogens is 2. The van der Waals surface area contributed by atoms with Crippen molar-refractivity contribution in [3.05, 3.63) is 47.5 Å². The molecule has 0 aliphatic rings. The average molecular weight is 248 g/mol. The van der Waals surface area contributed by atoms with Crippen LogP contribution in [0.25, 0.3) is 0 Å². The minimum atomic E-state index is -0.286. The molecule has 0 bridgehead atoms. The highest BCUT2D eigenvalue weighted by Crippen LogP contribution is 2.15. The van der Waals surface area contributed by atoms with Crippen LogP contribution in [-0.4, -0.2) is 9.78 Å². The Bertz CT molecular complexity index is 522. The van der Waals surface area contributed by atoms with Gasteiger partial charge in [-0.05, 0) is 31.5 Å². The van der Waals surface area contributed by atoms with Crippen molar-refractivity contribution in [1.82, 2.24) is 9.78 Å². The van der Waals surface area contributed by atoms with Gasteiger partial charge in [-0.1, -0.05) is 13.0 Å². The summed E-state index contributed by atoms with van der Waals surface area (Å²) in [5.41, 5.74) is 2.06. The van der Waals surface area contributed by atoms with Gasteiger partial charge in [-0.25, -0.2) is 4.39 Å². The molecule has 0 radical (unpaired) electrons. The van der Waals surface area contributed by atoms with Crippen LogP contribution in [0.5, 0.6) is 5.75 Å². The lowest BCUT2D eigenvalue weighted by Gasteiger charge is -2.07. The van der Waals surface area contributed by atoms with Gasteiger partial charge in [-0.2, -0.15) is 5.10 Å². The van der Waals surface area contributed by atoms with Crippen LogP contribution in [0.3, 0.4) is 0 Å². The van der Waals surface area contributed by atoms with Crippen LogP contribution in [0.4, 0.5) is 4.39 Å². The minimum absolute atomic E-state index is 0.286. The first-order chi connectivity index (χ1) is 8.72. The molecular formula is C14H17FN2O. The Hall–Kier alpha value is -1.84. The van der Waals surface area contributed by atoms with E-state index in [4.69, 9.17) is 4.74 Å². The van der Waals surface area contributed by atoms with Gasteiger partial charge in [0, 0.05) is 12.6 Å². The van der Waals surface area contributed by atoms with E-state index in [1.807, 2.05) is 17.7 Å². The number of hydrogen-bond acceptors (Lipinski definition) is 2. The van der Waals surface area contributed by atoms with Gasteiger partial charge >= 0.3 is 0 Å². The van der Waals surface area contributed by atoms with Gasteiger partial charge in [0.1, 0.15) is 18.2 Å². The largest absolute Gasteiger partial charge is 0.487 e. The molecule has 0 aliphatic heterocycles. The predicted molar refractivity (Wildman–Crippen MR) is 68.0 cm³/mol. The van der Waals surface area contributed by atoms with Crippen LogP contribution in [0.15, 0.2) is 30.3 Å². The average Bonchev–Trinajstić information content (AvgIpc) is 2.79. The van der Waals surface area contributed by atoms with Gasteiger partial charge in [0.15, 0.2) is 0 Å². The summed E-state index contributed by atoms with van der Waals surface area (Å²) in [6.45, 7) is 5.32. The van der Waals surface area contributed by atoms with Gasteiger partial charge < -0.3 is 4.74 Å². The normalized spacial score (nSPS) is 10.6. The molecule has 0 unspecified atom stereocenters. The summed E-state index contributed by atoms with van der Waals surface area (Å²) in [7, 11) is 0. The number of rotatable bonds is 5. The van der Waals surface area contributed by atoms with Crippen molar-refractivity contribution in [2.45, 2.75) is 33.4 Å². The van der Waals surface area contributed by atoms with E-state index in [1.54, 1.807) is 12.1 Å². The smallest absolute Gasteiger partial charge is 0.130 e. The molecule has 2 aromatic rings. The monoisotopic (exact) mass is 248 g/mol. The van der Waals surface area contributed by atoms with Gasteiger partial charge in [-0.15, -0.1) is 0 Å². The Morgan fingerprint density at radius 3 is 2.78 bits per heavy atom. The molecule has 0 N–H and O–H groups in total. The Morgan fingerprint density at radius 2 is 2.11 bits per heavy atom. The molecule has 18 heavy (non-hydrogen) atoms. The van der Waals surface area contributed by atoms with E-state index >= 15 is 0 Å². The van der Waals surface area contributed by atoms with Crippen molar-refractivity contribution in [2.24, 2.45) is 0 Å². The molecule has 0 amide bonds. The highest BCUT2D eigenvalue weighted by molar-refractivity contribution is 5.23. The van der Waals surface area contributed by atoms with Crippen LogP contribution in [0.2, 0.25) is 0 Å². The molecule has 96 valence electrons. The Morgan fingerprint density at radius 1 is 1.28 bits per heavy atom. The molecule has 1 aromatic carbocycles. The highest BCUT2D eigenvalue weighted by Gasteiger charge is 2.06. The second kappa shape index (κ2) is 5.67. The quantitative estimate of drug-likeness (QED) is 0.812. The summed E-state index contributed by atoms with van der Waals surface area (Å²) in [5.74, 6) is 0.252. The Labute approximate surface area is 106 Å². The number of ether oxygens (including phenoxy) is 1. The summed E-state index contributed by atoms with van der Waals surface area (Å²) in [5, 5.41) is 4.44. The summed E-state index contributed by atoms with van der Waals surface area (Å²) in [6.07, 6.45) is 0.903. The summed E-state index contributed by atoms with van der Waals surface area (Å²) in [4.78, 5) is 0. The van der Waals surface area contributed by atoms with Gasteiger partial charge in [0.2, 0.25) is 0 Å². The van der Waals surface area contributed by atoms with Crippen molar-refractivity contribution in [1.29, 1.82) is 0 Å². The van der Waals surface area contributed by atoms with Crippen molar-refractivity contribution < 1.29 is 9.13 Å². The van der Waals surface area contributed by atoms with E-state index in [0.717, 1.165) is 24.4 Å². The molecule has 0 saturated carbocycles. The number of nitrogens with zero attached hydrogens (tertiary/aromatic N) is 2. The SMILES string of the molecule is CCc1cc(COc2cccc(F)c2)n(CC)n1. The van der Waals surface area contributed by atoms with Gasteiger partial charge in [0.25, 0.3) is 0 Å². The van der Waals surface area contributed by atoms with E-state index in [2.05, 4.69) is 12.0 Å². The third-order valence-electron chi connectivity index (χ3n) is 2.76. The maximum atomic E-state index is 13.0. The van der Waals surface area contributed by atoms with Gasteiger partial charge in [0.05, 0.1) is 11.4 Å². The van der Waals surface area contributed by atoms with E-state index in [1.165, 1.54) is 12.1 Å². The second-order valence-corrected chi connectivity index (χ2v) is 4.04. The van der Waals surface area contributed by atoms with Crippen LogP contribution in [0.1, 0.15) is 25.2 Å². The second-order valence-electron chi connectivity index (χ2n) is 4.04. The zero-order chi connectivity index (χ0) is 13.0. The first-order valence-corrected chi connectivity index (χ1v) is 6.17. The van der Waals surface area contributed by atoms with Crippen LogP contribution >= 0.6 is 0 Å². The molecule has 0 fully saturated rings. The van der Waals surface area contributed by atoms with E-state index < -0.39 is 0 Å². The summed E-state index contributed by atoms with van der Waals surface area (Å²) in [6, 6.07) is 8.20. The first kappa shape index (κ1) is 12.6. The first-order valence-electron chi connectivity index (χ1n) is 6.17. The van der Waals surface area contributed by atoms with E-state index in [0.29, 0.717) is 12.4 Å². The lowest BCUT2D eigenvalue weighted by atomic mass is 10.3. The third-order valence-corrected chi connectivity index (χ3v) is 2.76. The third kappa shape index (κ3) is 2.88. The molecule has 0 aliphatic carbocycles.